The number of carbonyl (C=O) groups is 1. The topological polar surface area (TPSA) is 38.3 Å². The van der Waals surface area contributed by atoms with Crippen LogP contribution < -0.4 is 10.1 Å². The number of hydrogen-bond acceptors (Lipinski definition) is 3. The van der Waals surface area contributed by atoms with Crippen molar-refractivity contribution < 1.29 is 9.53 Å². The first-order valence-electron chi connectivity index (χ1n) is 3.96. The molecule has 0 aliphatic carbocycles. The molecule has 0 saturated carbocycles. The molecule has 1 aliphatic heterocycles. The van der Waals surface area contributed by atoms with E-state index < -0.39 is 0 Å². The average molecular weight is 242 g/mol. The standard InChI is InChI=1S/C9H8BrNO2/c10-7-3-6(5-12)9-8(4-7)11-1-2-13-9/h3-5,11H,1-2H2. The predicted octanol–water partition coefficient (Wildman–Crippen LogP) is 2.07. The second kappa shape index (κ2) is 3.38. The van der Waals surface area contributed by atoms with Crippen LogP contribution in [0.25, 0.3) is 0 Å². The fourth-order valence-corrected chi connectivity index (χ4v) is 1.81. The van der Waals surface area contributed by atoms with E-state index in [2.05, 4.69) is 21.2 Å². The molecule has 1 heterocycles. The Kier molecular flexibility index (Phi) is 2.22. The Hall–Kier alpha value is -1.03. The molecule has 0 bridgehead atoms. The molecule has 0 atom stereocenters. The summed E-state index contributed by atoms with van der Waals surface area (Å²) < 4.78 is 6.27. The van der Waals surface area contributed by atoms with E-state index in [4.69, 9.17) is 4.74 Å². The summed E-state index contributed by atoms with van der Waals surface area (Å²) in [5.74, 6) is 0.657. The van der Waals surface area contributed by atoms with Crippen LogP contribution in [0.15, 0.2) is 16.6 Å². The third-order valence-corrected chi connectivity index (χ3v) is 2.33. The minimum absolute atomic E-state index is 0.580. The van der Waals surface area contributed by atoms with E-state index in [0.717, 1.165) is 23.0 Å². The summed E-state index contributed by atoms with van der Waals surface area (Å²) in [7, 11) is 0. The zero-order valence-corrected chi connectivity index (χ0v) is 8.43. The molecule has 1 aromatic carbocycles. The van der Waals surface area contributed by atoms with Gasteiger partial charge in [0.05, 0.1) is 11.3 Å². The van der Waals surface area contributed by atoms with Gasteiger partial charge in [0.15, 0.2) is 12.0 Å². The highest BCUT2D eigenvalue weighted by Gasteiger charge is 2.14. The number of nitrogens with one attached hydrogen (secondary N) is 1. The number of aldehydes is 1. The third-order valence-electron chi connectivity index (χ3n) is 1.87. The summed E-state index contributed by atoms with van der Waals surface area (Å²) in [5, 5.41) is 3.16. The maximum atomic E-state index is 10.7. The van der Waals surface area contributed by atoms with Crippen LogP contribution in [0.3, 0.4) is 0 Å². The molecule has 2 rings (SSSR count). The van der Waals surface area contributed by atoms with Crippen LogP contribution >= 0.6 is 15.9 Å². The molecule has 13 heavy (non-hydrogen) atoms. The Morgan fingerprint density at radius 3 is 3.15 bits per heavy atom. The number of halogens is 1. The summed E-state index contributed by atoms with van der Waals surface area (Å²) in [4.78, 5) is 10.7. The fourth-order valence-electron chi connectivity index (χ4n) is 1.33. The van der Waals surface area contributed by atoms with Gasteiger partial charge in [0.2, 0.25) is 0 Å². The first-order chi connectivity index (χ1) is 6.31. The molecule has 3 nitrogen and oxygen atoms in total. The van der Waals surface area contributed by atoms with Gasteiger partial charge < -0.3 is 10.1 Å². The first-order valence-corrected chi connectivity index (χ1v) is 4.76. The van der Waals surface area contributed by atoms with Gasteiger partial charge in [-0.05, 0) is 12.1 Å². The van der Waals surface area contributed by atoms with E-state index in [1.54, 1.807) is 6.07 Å². The molecule has 68 valence electrons. The van der Waals surface area contributed by atoms with Crippen molar-refractivity contribution in [3.8, 4) is 5.75 Å². The van der Waals surface area contributed by atoms with Gasteiger partial charge >= 0.3 is 0 Å². The summed E-state index contributed by atoms with van der Waals surface area (Å²) in [6.45, 7) is 1.39. The van der Waals surface area contributed by atoms with Crippen molar-refractivity contribution in [2.75, 3.05) is 18.5 Å². The summed E-state index contributed by atoms with van der Waals surface area (Å²) in [6.07, 6.45) is 0.802. The first kappa shape index (κ1) is 8.56. The van der Waals surface area contributed by atoms with Crippen molar-refractivity contribution in [2.24, 2.45) is 0 Å². The van der Waals surface area contributed by atoms with Crippen LogP contribution in [0.2, 0.25) is 0 Å². The molecular weight excluding hydrogens is 234 g/mol. The number of fused-ring (bicyclic) bond motifs is 1. The minimum atomic E-state index is 0.580. The lowest BCUT2D eigenvalue weighted by atomic mass is 10.1. The smallest absolute Gasteiger partial charge is 0.153 e. The van der Waals surface area contributed by atoms with Crippen molar-refractivity contribution in [2.45, 2.75) is 0 Å². The van der Waals surface area contributed by atoms with Gasteiger partial charge in [-0.1, -0.05) is 15.9 Å². The Balaban J connectivity index is 2.56. The molecule has 4 heteroatoms. The van der Waals surface area contributed by atoms with Gasteiger partial charge in [-0.3, -0.25) is 4.79 Å². The van der Waals surface area contributed by atoms with Crippen molar-refractivity contribution in [1.29, 1.82) is 0 Å². The van der Waals surface area contributed by atoms with Crippen molar-refractivity contribution in [1.82, 2.24) is 0 Å². The normalized spacial score (nSPS) is 13.9. The molecule has 1 N–H and O–H groups in total. The molecular formula is C9H8BrNO2. The van der Waals surface area contributed by atoms with Gasteiger partial charge in [-0.15, -0.1) is 0 Å². The van der Waals surface area contributed by atoms with Gasteiger partial charge in [0.25, 0.3) is 0 Å². The second-order valence-corrected chi connectivity index (χ2v) is 3.68. The van der Waals surface area contributed by atoms with Crippen LogP contribution in [0, 0.1) is 0 Å². The van der Waals surface area contributed by atoms with Crippen LogP contribution in [-0.2, 0) is 0 Å². The van der Waals surface area contributed by atoms with E-state index >= 15 is 0 Å². The van der Waals surface area contributed by atoms with Crippen molar-refractivity contribution >= 4 is 27.9 Å². The molecule has 0 fully saturated rings. The Labute approximate surface area is 84.2 Å². The molecule has 1 aromatic rings. The van der Waals surface area contributed by atoms with E-state index in [0.29, 0.717) is 17.9 Å². The number of benzene rings is 1. The van der Waals surface area contributed by atoms with Crippen molar-refractivity contribution in [3.63, 3.8) is 0 Å². The minimum Gasteiger partial charge on any atom is -0.489 e. The van der Waals surface area contributed by atoms with E-state index in [-0.39, 0.29) is 0 Å². The van der Waals surface area contributed by atoms with Gasteiger partial charge in [-0.25, -0.2) is 0 Å². The van der Waals surface area contributed by atoms with Crippen LogP contribution in [0.4, 0.5) is 5.69 Å². The third kappa shape index (κ3) is 1.54. The van der Waals surface area contributed by atoms with Crippen LogP contribution in [0.5, 0.6) is 5.75 Å². The largest absolute Gasteiger partial charge is 0.489 e. The van der Waals surface area contributed by atoms with E-state index in [1.807, 2.05) is 6.07 Å². The highest BCUT2D eigenvalue weighted by molar-refractivity contribution is 9.10. The number of rotatable bonds is 1. The predicted molar refractivity (Wildman–Crippen MR) is 53.5 cm³/mol. The lowest BCUT2D eigenvalue weighted by molar-refractivity contribution is 0.111. The van der Waals surface area contributed by atoms with Crippen LogP contribution in [0.1, 0.15) is 10.4 Å². The highest BCUT2D eigenvalue weighted by Crippen LogP contribution is 2.33. The van der Waals surface area contributed by atoms with E-state index in [1.165, 1.54) is 0 Å². The Bertz CT molecular complexity index is 352. The number of hydrogen-bond donors (Lipinski definition) is 1. The highest BCUT2D eigenvalue weighted by atomic mass is 79.9. The Morgan fingerprint density at radius 2 is 2.38 bits per heavy atom. The SMILES string of the molecule is O=Cc1cc(Br)cc2c1OCCN2. The maximum absolute atomic E-state index is 10.7. The zero-order chi connectivity index (χ0) is 9.26. The monoisotopic (exact) mass is 241 g/mol. The van der Waals surface area contributed by atoms with Gasteiger partial charge in [-0.2, -0.15) is 0 Å². The average Bonchev–Trinajstić information content (AvgIpc) is 2.16. The van der Waals surface area contributed by atoms with Gasteiger partial charge in [0, 0.05) is 11.0 Å². The van der Waals surface area contributed by atoms with Gasteiger partial charge in [0.1, 0.15) is 6.61 Å². The molecule has 0 amide bonds. The summed E-state index contributed by atoms with van der Waals surface area (Å²) >= 11 is 3.33. The lowest BCUT2D eigenvalue weighted by Crippen LogP contribution is -2.19. The molecule has 0 saturated heterocycles. The summed E-state index contributed by atoms with van der Waals surface area (Å²) in [6, 6.07) is 3.65. The molecule has 1 aliphatic rings. The lowest BCUT2D eigenvalue weighted by Gasteiger charge is -2.20. The number of ether oxygens (including phenoxy) is 1. The molecule has 0 radical (unpaired) electrons. The fraction of sp³-hybridized carbons (Fsp3) is 0.222. The van der Waals surface area contributed by atoms with Crippen molar-refractivity contribution in [3.05, 3.63) is 22.2 Å². The number of carbonyl (C=O) groups excluding carboxylic acids is 1. The van der Waals surface area contributed by atoms with E-state index in [9.17, 15) is 4.79 Å². The summed E-state index contributed by atoms with van der Waals surface area (Å²) in [5.41, 5.74) is 1.46. The second-order valence-electron chi connectivity index (χ2n) is 2.76. The zero-order valence-electron chi connectivity index (χ0n) is 6.84. The number of anilines is 1. The molecule has 0 unspecified atom stereocenters. The maximum Gasteiger partial charge on any atom is 0.153 e. The molecule has 0 spiro atoms. The quantitative estimate of drug-likeness (QED) is 0.766. The molecule has 0 aromatic heterocycles. The Morgan fingerprint density at radius 1 is 1.54 bits per heavy atom. The van der Waals surface area contributed by atoms with Crippen LogP contribution in [-0.4, -0.2) is 19.4 Å².